The van der Waals surface area contributed by atoms with Crippen LogP contribution in [0.25, 0.3) is 0 Å². The van der Waals surface area contributed by atoms with E-state index in [1.54, 1.807) is 18.2 Å². The van der Waals surface area contributed by atoms with Gasteiger partial charge in [-0.3, -0.25) is 0 Å². The Labute approximate surface area is 128 Å². The van der Waals surface area contributed by atoms with Crippen molar-refractivity contribution in [1.29, 1.82) is 15.8 Å². The van der Waals surface area contributed by atoms with Crippen molar-refractivity contribution in [3.8, 4) is 18.2 Å². The third-order valence-electron chi connectivity index (χ3n) is 2.44. The fraction of sp³-hybridized carbons (Fsp3) is 0.0714. The molecule has 1 rings (SSSR count). The van der Waals surface area contributed by atoms with Crippen LogP contribution in [0.5, 0.6) is 0 Å². The molecular weight excluding hydrogens is 302 g/mol. The molecule has 7 nitrogen and oxygen atoms in total. The minimum atomic E-state index is -3.63. The average Bonchev–Trinajstić information content (AvgIpc) is 2.53. The Morgan fingerprint density at radius 1 is 1.14 bits per heavy atom. The van der Waals surface area contributed by atoms with Gasteiger partial charge in [-0.2, -0.15) is 15.8 Å². The number of benzene rings is 1. The second-order valence-corrected chi connectivity index (χ2v) is 5.64. The van der Waals surface area contributed by atoms with Crippen molar-refractivity contribution in [3.05, 3.63) is 48.2 Å². The lowest BCUT2D eigenvalue weighted by molar-refractivity contribution is 0.585. The number of anilines is 1. The molecule has 0 aliphatic carbocycles. The Kier molecular flexibility index (Phi) is 5.85. The van der Waals surface area contributed by atoms with Crippen molar-refractivity contribution >= 4 is 15.7 Å². The van der Waals surface area contributed by atoms with Gasteiger partial charge in [0.05, 0.1) is 4.90 Å². The minimum absolute atomic E-state index is 0.0446. The van der Waals surface area contributed by atoms with Gasteiger partial charge in [-0.25, -0.2) is 13.1 Å². The first kappa shape index (κ1) is 16.9. The van der Waals surface area contributed by atoms with Crippen LogP contribution >= 0.6 is 0 Å². The number of rotatable bonds is 6. The Bertz CT molecular complexity index is 802. The third-order valence-corrected chi connectivity index (χ3v) is 3.88. The smallest absolute Gasteiger partial charge is 0.240 e. The lowest BCUT2D eigenvalue weighted by Gasteiger charge is -2.07. The van der Waals surface area contributed by atoms with Crippen LogP contribution in [0.2, 0.25) is 0 Å². The fourth-order valence-corrected chi connectivity index (χ4v) is 2.40. The molecule has 1 aromatic carbocycles. The number of sulfonamides is 1. The quantitative estimate of drug-likeness (QED) is 0.603. The molecule has 0 radical (unpaired) electrons. The van der Waals surface area contributed by atoms with Gasteiger partial charge in [-0.15, -0.1) is 6.58 Å². The van der Waals surface area contributed by atoms with Crippen LogP contribution < -0.4 is 10.0 Å². The van der Waals surface area contributed by atoms with Crippen molar-refractivity contribution in [2.75, 3.05) is 11.9 Å². The van der Waals surface area contributed by atoms with E-state index in [4.69, 9.17) is 15.8 Å². The van der Waals surface area contributed by atoms with E-state index < -0.39 is 10.0 Å². The van der Waals surface area contributed by atoms with E-state index in [0.29, 0.717) is 5.69 Å². The molecule has 0 saturated carbocycles. The van der Waals surface area contributed by atoms with Crippen molar-refractivity contribution < 1.29 is 8.42 Å². The first-order chi connectivity index (χ1) is 10.5. The Hall–Kier alpha value is -3.12. The van der Waals surface area contributed by atoms with Crippen LogP contribution in [0, 0.1) is 34.0 Å². The molecule has 8 heteroatoms. The highest BCUT2D eigenvalue weighted by atomic mass is 32.2. The summed E-state index contributed by atoms with van der Waals surface area (Å²) in [6, 6.07) is 10.4. The largest absolute Gasteiger partial charge is 0.345 e. The van der Waals surface area contributed by atoms with Gasteiger partial charge in [-0.05, 0) is 24.3 Å². The zero-order valence-electron chi connectivity index (χ0n) is 11.4. The summed E-state index contributed by atoms with van der Waals surface area (Å²) in [5.41, 5.74) is -0.181. The fourth-order valence-electron chi connectivity index (χ4n) is 1.40. The highest BCUT2D eigenvalue weighted by Gasteiger charge is 2.13. The van der Waals surface area contributed by atoms with Gasteiger partial charge in [0.15, 0.2) is 5.57 Å². The predicted octanol–water partition coefficient (Wildman–Crippen LogP) is 1.39. The van der Waals surface area contributed by atoms with Gasteiger partial charge in [0.2, 0.25) is 10.0 Å². The van der Waals surface area contributed by atoms with Crippen LogP contribution in [-0.4, -0.2) is 15.0 Å². The van der Waals surface area contributed by atoms with E-state index in [2.05, 4.69) is 16.6 Å². The first-order valence-electron chi connectivity index (χ1n) is 5.90. The molecule has 0 saturated heterocycles. The van der Waals surface area contributed by atoms with Crippen LogP contribution in [-0.2, 0) is 10.0 Å². The van der Waals surface area contributed by atoms with Crippen molar-refractivity contribution in [2.45, 2.75) is 4.90 Å². The summed E-state index contributed by atoms with van der Waals surface area (Å²) in [7, 11) is -3.63. The van der Waals surface area contributed by atoms with E-state index in [1.165, 1.54) is 30.3 Å². The molecule has 22 heavy (non-hydrogen) atoms. The summed E-state index contributed by atoms with van der Waals surface area (Å²) in [5, 5.41) is 29.0. The SMILES string of the molecule is C=CCNS(=O)(=O)c1ccc(NC(C#N)=C(C#N)C#N)cc1. The molecule has 0 amide bonds. The summed E-state index contributed by atoms with van der Waals surface area (Å²) in [6.07, 6.45) is 1.42. The molecule has 0 aliphatic rings. The number of allylic oxidation sites excluding steroid dienone is 2. The molecule has 1 aromatic rings. The van der Waals surface area contributed by atoms with Crippen molar-refractivity contribution in [2.24, 2.45) is 0 Å². The molecule has 2 N–H and O–H groups in total. The molecule has 0 unspecified atom stereocenters. The second kappa shape index (κ2) is 7.61. The molecule has 110 valence electrons. The minimum Gasteiger partial charge on any atom is -0.345 e. The maximum atomic E-state index is 11.9. The summed E-state index contributed by atoms with van der Waals surface area (Å²) in [5.74, 6) is 0. The second-order valence-electron chi connectivity index (χ2n) is 3.88. The normalized spacial score (nSPS) is 9.68. The maximum absolute atomic E-state index is 11.9. The molecule has 0 heterocycles. The average molecular weight is 313 g/mol. The monoisotopic (exact) mass is 313 g/mol. The van der Waals surface area contributed by atoms with Crippen LogP contribution in [0.4, 0.5) is 5.69 Å². The molecule has 0 fully saturated rings. The highest BCUT2D eigenvalue weighted by molar-refractivity contribution is 7.89. The lowest BCUT2D eigenvalue weighted by atomic mass is 10.2. The summed E-state index contributed by atoms with van der Waals surface area (Å²) >= 11 is 0. The van der Waals surface area contributed by atoms with Crippen molar-refractivity contribution in [1.82, 2.24) is 4.72 Å². The number of hydrogen-bond donors (Lipinski definition) is 2. The zero-order chi connectivity index (χ0) is 16.6. The van der Waals surface area contributed by atoms with E-state index >= 15 is 0 Å². The van der Waals surface area contributed by atoms with Gasteiger partial charge in [0.25, 0.3) is 0 Å². The number of nitriles is 3. The summed E-state index contributed by atoms with van der Waals surface area (Å²) in [6.45, 7) is 3.53. The molecule has 0 atom stereocenters. The van der Waals surface area contributed by atoms with Crippen LogP contribution in [0.3, 0.4) is 0 Å². The molecule has 0 aliphatic heterocycles. The number of nitrogens with zero attached hydrogens (tertiary/aromatic N) is 3. The van der Waals surface area contributed by atoms with Gasteiger partial charge < -0.3 is 5.32 Å². The predicted molar refractivity (Wildman–Crippen MR) is 79.3 cm³/mol. The number of nitrogens with one attached hydrogen (secondary N) is 2. The molecular formula is C14H11N5O2S. The van der Waals surface area contributed by atoms with Gasteiger partial charge in [-0.1, -0.05) is 6.08 Å². The molecule has 0 aromatic heterocycles. The maximum Gasteiger partial charge on any atom is 0.240 e. The number of hydrogen-bond acceptors (Lipinski definition) is 6. The first-order valence-corrected chi connectivity index (χ1v) is 7.39. The lowest BCUT2D eigenvalue weighted by Crippen LogP contribution is -2.23. The molecule has 0 bridgehead atoms. The topological polar surface area (TPSA) is 130 Å². The molecule has 0 spiro atoms. The van der Waals surface area contributed by atoms with Crippen molar-refractivity contribution in [3.63, 3.8) is 0 Å². The third kappa shape index (κ3) is 4.19. The van der Waals surface area contributed by atoms with E-state index in [1.807, 2.05) is 0 Å². The Balaban J connectivity index is 3.03. The summed E-state index contributed by atoms with van der Waals surface area (Å²) < 4.78 is 26.0. The van der Waals surface area contributed by atoms with E-state index in [-0.39, 0.29) is 22.7 Å². The highest BCUT2D eigenvalue weighted by Crippen LogP contribution is 2.16. The Morgan fingerprint density at radius 3 is 2.18 bits per heavy atom. The standard InChI is InChI=1S/C14H11N5O2S/c1-2-7-18-22(20,21)13-5-3-12(4-6-13)19-14(10-17)11(8-15)9-16/h2-6,18-19H,1,7H2. The zero-order valence-corrected chi connectivity index (χ0v) is 12.2. The van der Waals surface area contributed by atoms with Crippen LogP contribution in [0.1, 0.15) is 0 Å². The van der Waals surface area contributed by atoms with E-state index in [0.717, 1.165) is 0 Å². The van der Waals surface area contributed by atoms with Gasteiger partial charge in [0.1, 0.15) is 23.9 Å². The van der Waals surface area contributed by atoms with E-state index in [9.17, 15) is 8.42 Å². The summed E-state index contributed by atoms with van der Waals surface area (Å²) in [4.78, 5) is 0.0446. The van der Waals surface area contributed by atoms with Gasteiger partial charge in [0, 0.05) is 12.2 Å². The Morgan fingerprint density at radius 2 is 1.73 bits per heavy atom. The van der Waals surface area contributed by atoms with Crippen LogP contribution in [0.15, 0.2) is 53.1 Å². The van der Waals surface area contributed by atoms with Gasteiger partial charge >= 0.3 is 0 Å².